The molecule has 2 aromatic rings. The molecule has 17 heavy (non-hydrogen) atoms. The van der Waals surface area contributed by atoms with Gasteiger partial charge in [0.1, 0.15) is 11.1 Å². The molecule has 0 amide bonds. The summed E-state index contributed by atoms with van der Waals surface area (Å²) in [6.45, 7) is 0. The van der Waals surface area contributed by atoms with E-state index < -0.39 is 10.0 Å². The van der Waals surface area contributed by atoms with E-state index >= 15 is 0 Å². The first-order valence-electron chi connectivity index (χ1n) is 4.14. The second-order valence-corrected chi connectivity index (χ2v) is 7.25. The van der Waals surface area contributed by atoms with Crippen LogP contribution in [0, 0.1) is 11.3 Å². The number of thiophene rings is 1. The quantitative estimate of drug-likeness (QED) is 0.944. The number of nitriles is 1. The van der Waals surface area contributed by atoms with E-state index in [4.69, 9.17) is 16.9 Å². The van der Waals surface area contributed by atoms with Gasteiger partial charge in [-0.2, -0.15) is 5.26 Å². The van der Waals surface area contributed by atoms with E-state index in [-0.39, 0.29) is 19.2 Å². The number of rotatable bonds is 3. The van der Waals surface area contributed by atoms with Gasteiger partial charge in [-0.25, -0.2) is 13.4 Å². The van der Waals surface area contributed by atoms with E-state index in [1.165, 1.54) is 6.20 Å². The lowest BCUT2D eigenvalue weighted by atomic mass is 10.4. The van der Waals surface area contributed by atoms with E-state index in [0.717, 1.165) is 22.7 Å². The van der Waals surface area contributed by atoms with Crippen LogP contribution in [0.4, 0.5) is 5.00 Å². The third-order valence-corrected chi connectivity index (χ3v) is 5.62. The predicted octanol–water partition coefficient (Wildman–Crippen LogP) is 2.53. The van der Waals surface area contributed by atoms with Gasteiger partial charge in [0.2, 0.25) is 0 Å². The van der Waals surface area contributed by atoms with Crippen molar-refractivity contribution >= 4 is 49.3 Å². The van der Waals surface area contributed by atoms with E-state index in [1.54, 1.807) is 11.4 Å². The molecule has 2 rings (SSSR count). The van der Waals surface area contributed by atoms with Crippen LogP contribution in [0.25, 0.3) is 0 Å². The van der Waals surface area contributed by atoms with Gasteiger partial charge in [-0.15, -0.1) is 11.3 Å². The number of hydrogen-bond acceptors (Lipinski definition) is 6. The highest BCUT2D eigenvalue weighted by atomic mass is 35.5. The summed E-state index contributed by atoms with van der Waals surface area (Å²) >= 11 is 7.57. The van der Waals surface area contributed by atoms with Crippen LogP contribution in [0.2, 0.25) is 4.47 Å². The number of hydrogen-bond donors (Lipinski definition) is 1. The monoisotopic (exact) mass is 305 g/mol. The molecule has 0 saturated carbocycles. The van der Waals surface area contributed by atoms with Crippen molar-refractivity contribution in [3.63, 3.8) is 0 Å². The van der Waals surface area contributed by atoms with Gasteiger partial charge >= 0.3 is 0 Å². The molecule has 0 atom stereocenters. The maximum absolute atomic E-state index is 11.9. The van der Waals surface area contributed by atoms with E-state index in [2.05, 4.69) is 9.71 Å². The molecular weight excluding hydrogens is 302 g/mol. The highest BCUT2D eigenvalue weighted by molar-refractivity contribution is 7.94. The maximum Gasteiger partial charge on any atom is 0.273 e. The Morgan fingerprint density at radius 3 is 2.88 bits per heavy atom. The van der Waals surface area contributed by atoms with Crippen molar-refractivity contribution < 1.29 is 8.42 Å². The molecule has 1 N–H and O–H groups in total. The van der Waals surface area contributed by atoms with Crippen LogP contribution in [0.15, 0.2) is 21.9 Å². The molecule has 9 heteroatoms. The molecule has 88 valence electrons. The van der Waals surface area contributed by atoms with Gasteiger partial charge in [-0.05, 0) is 11.4 Å². The average molecular weight is 306 g/mol. The molecule has 0 saturated heterocycles. The van der Waals surface area contributed by atoms with Crippen LogP contribution >= 0.6 is 34.3 Å². The Bertz CT molecular complexity index is 683. The van der Waals surface area contributed by atoms with Gasteiger partial charge in [0.25, 0.3) is 10.0 Å². The Hall–Kier alpha value is -1.14. The lowest BCUT2D eigenvalue weighted by Gasteiger charge is -2.02. The third kappa shape index (κ3) is 2.58. The lowest BCUT2D eigenvalue weighted by molar-refractivity contribution is 0.603. The number of nitrogens with one attached hydrogen (secondary N) is 1. The number of sulfonamides is 1. The molecule has 2 heterocycles. The van der Waals surface area contributed by atoms with E-state index in [1.807, 2.05) is 6.07 Å². The smallest absolute Gasteiger partial charge is 0.269 e. The molecule has 0 aliphatic heterocycles. The van der Waals surface area contributed by atoms with Gasteiger partial charge in [-0.1, -0.05) is 22.9 Å². The summed E-state index contributed by atoms with van der Waals surface area (Å²) in [6, 6.07) is 3.44. The molecule has 0 aromatic carbocycles. The predicted molar refractivity (Wildman–Crippen MR) is 67.0 cm³/mol. The Kier molecular flexibility index (Phi) is 3.35. The van der Waals surface area contributed by atoms with E-state index in [9.17, 15) is 8.42 Å². The van der Waals surface area contributed by atoms with Crippen molar-refractivity contribution in [3.05, 3.63) is 27.7 Å². The van der Waals surface area contributed by atoms with Crippen LogP contribution in [0.1, 0.15) is 5.56 Å². The molecule has 0 spiro atoms. The Balaban J connectivity index is 2.34. The first-order valence-corrected chi connectivity index (χ1v) is 7.70. The van der Waals surface area contributed by atoms with Gasteiger partial charge in [0.05, 0.1) is 11.8 Å². The molecule has 0 radical (unpaired) electrons. The van der Waals surface area contributed by atoms with Crippen molar-refractivity contribution in [1.29, 1.82) is 5.26 Å². The number of anilines is 1. The molecule has 0 bridgehead atoms. The van der Waals surface area contributed by atoms with Gasteiger partial charge in [0.15, 0.2) is 8.68 Å². The molecule has 5 nitrogen and oxygen atoms in total. The first-order chi connectivity index (χ1) is 8.03. The van der Waals surface area contributed by atoms with Crippen LogP contribution in [0.3, 0.4) is 0 Å². The highest BCUT2D eigenvalue weighted by Crippen LogP contribution is 2.28. The van der Waals surface area contributed by atoms with Gasteiger partial charge in [0, 0.05) is 0 Å². The highest BCUT2D eigenvalue weighted by Gasteiger charge is 2.19. The number of halogens is 1. The molecule has 0 unspecified atom stereocenters. The minimum Gasteiger partial charge on any atom is -0.269 e. The number of nitrogens with zero attached hydrogens (tertiary/aromatic N) is 2. The van der Waals surface area contributed by atoms with Crippen molar-refractivity contribution in [3.8, 4) is 6.07 Å². The average Bonchev–Trinajstić information content (AvgIpc) is 2.86. The normalized spacial score (nSPS) is 11.1. The summed E-state index contributed by atoms with van der Waals surface area (Å²) in [4.78, 5) is 3.66. The summed E-state index contributed by atoms with van der Waals surface area (Å²) in [5, 5.41) is 10.7. The minimum atomic E-state index is -3.71. The standard InChI is InChI=1S/C8H4ClN3O2S3/c9-8-11-4-6(16-8)17(13,14)12-7-5(3-10)1-2-15-7/h1-2,4,12H. The third-order valence-electron chi connectivity index (χ3n) is 1.73. The first kappa shape index (κ1) is 12.3. The molecule has 0 fully saturated rings. The SMILES string of the molecule is N#Cc1ccsc1NS(=O)(=O)c1cnc(Cl)s1. The zero-order valence-electron chi connectivity index (χ0n) is 8.05. The van der Waals surface area contributed by atoms with Crippen molar-refractivity contribution in [2.45, 2.75) is 4.21 Å². The molecular formula is C8H4ClN3O2S3. The molecule has 0 aliphatic rings. The maximum atomic E-state index is 11.9. The van der Waals surface area contributed by atoms with Gasteiger partial charge < -0.3 is 0 Å². The second-order valence-electron chi connectivity index (χ2n) is 2.81. The zero-order valence-corrected chi connectivity index (χ0v) is 11.3. The van der Waals surface area contributed by atoms with Crippen molar-refractivity contribution in [2.24, 2.45) is 0 Å². The van der Waals surface area contributed by atoms with Crippen LogP contribution in [-0.4, -0.2) is 13.4 Å². The lowest BCUT2D eigenvalue weighted by Crippen LogP contribution is -2.11. The summed E-state index contributed by atoms with van der Waals surface area (Å²) in [7, 11) is -3.71. The van der Waals surface area contributed by atoms with E-state index in [0.29, 0.717) is 0 Å². The fraction of sp³-hybridized carbons (Fsp3) is 0. The van der Waals surface area contributed by atoms with Crippen LogP contribution in [-0.2, 0) is 10.0 Å². The van der Waals surface area contributed by atoms with Crippen LogP contribution < -0.4 is 4.72 Å². The van der Waals surface area contributed by atoms with Gasteiger partial charge in [-0.3, -0.25) is 4.72 Å². The molecule has 0 aliphatic carbocycles. The fourth-order valence-electron chi connectivity index (χ4n) is 1.01. The Labute approximate surface area is 110 Å². The summed E-state index contributed by atoms with van der Waals surface area (Å²) in [6.07, 6.45) is 1.18. The topological polar surface area (TPSA) is 82.9 Å². The second kappa shape index (κ2) is 4.62. The molecule has 2 aromatic heterocycles. The number of thiazole rings is 1. The summed E-state index contributed by atoms with van der Waals surface area (Å²) in [5.74, 6) is 0. The fourth-order valence-corrected chi connectivity index (χ4v) is 4.37. The number of aromatic nitrogens is 1. The Morgan fingerprint density at radius 1 is 1.53 bits per heavy atom. The summed E-state index contributed by atoms with van der Waals surface area (Å²) < 4.78 is 26.2. The Morgan fingerprint density at radius 2 is 2.29 bits per heavy atom. The van der Waals surface area contributed by atoms with Crippen molar-refractivity contribution in [2.75, 3.05) is 4.72 Å². The zero-order chi connectivity index (χ0) is 12.5. The minimum absolute atomic E-state index is 0.0137. The van der Waals surface area contributed by atoms with Crippen LogP contribution in [0.5, 0.6) is 0 Å². The summed E-state index contributed by atoms with van der Waals surface area (Å²) in [5.41, 5.74) is 0.286. The van der Waals surface area contributed by atoms with Crippen molar-refractivity contribution in [1.82, 2.24) is 4.98 Å². The largest absolute Gasteiger partial charge is 0.273 e.